The first-order valence-electron chi connectivity index (χ1n) is 51.1. The standard InChI is InChI=1S/C29H26.C29H28.C17H20.C16H18.C14H16.2C12H12.C9H13NO.C3H8/c1-19-13-15-23(17-21(19)3)29(24-16-14-20(2)22(4)18-24)27-11-7-5-9-25(27)26-10-6-8-12-28(26)29;1-21-15-17-27(19-23(21)3)29(25-11-7-5-8-12-25,26-13-9-6-10-14-26)28-18-16-22(2)24(4)20-28;1-12-5-7-16(9-14(12)3)11-17-8-6-13(2)15(4)10-17;1-11-5-7-15(9-13(11)3)16-8-6-12(2)14(4)10-16;1-9-5-7-14-12(4)10(2)6-8-13(14)11(9)3;2*1-9-3-5-11-6-4-10(2)8-12(11)7-9;1-10(2)8-4-6-9(11-3)7-5-8;1-3-2/h5-18H,1-4H3;5-20H,1-4H3;5-10H,11H2,1-4H3;5-10H,1-4H3;5-8H,1-4H3;2*3-8H,1-2H3;4-7H,1-3H3;3H2,1-2H3. The van der Waals surface area contributed by atoms with Crippen molar-refractivity contribution >= 4 is 38.0 Å². The van der Waals surface area contributed by atoms with E-state index >= 15 is 0 Å². The molecule has 0 unspecified atom stereocenters. The van der Waals surface area contributed by atoms with Gasteiger partial charge in [0.25, 0.3) is 0 Å². The number of ether oxygens (including phenoxy) is 1. The molecule has 0 fully saturated rings. The Morgan fingerprint density at radius 1 is 0.238 bits per heavy atom. The van der Waals surface area contributed by atoms with Crippen molar-refractivity contribution in [2.75, 3.05) is 26.1 Å². The lowest BCUT2D eigenvalue weighted by Crippen LogP contribution is -2.31. The molecule has 1 aliphatic carbocycles. The Balaban J connectivity index is 0.000000149. The van der Waals surface area contributed by atoms with Gasteiger partial charge in [-0.1, -0.05) is 394 Å². The van der Waals surface area contributed by atoms with Gasteiger partial charge in [-0.15, -0.1) is 0 Å². The Morgan fingerprint density at radius 2 is 0.531 bits per heavy atom. The molecule has 0 N–H and O–H groups in total. The molecule has 0 heterocycles. The molecule has 0 aliphatic heterocycles. The van der Waals surface area contributed by atoms with Gasteiger partial charge in [-0.3, -0.25) is 0 Å². The zero-order chi connectivity index (χ0) is 103. The van der Waals surface area contributed by atoms with Crippen LogP contribution in [0.3, 0.4) is 0 Å². The summed E-state index contributed by atoms with van der Waals surface area (Å²) in [6, 6.07) is 137. The highest BCUT2D eigenvalue weighted by molar-refractivity contribution is 5.91. The molecular formula is C141H153NO. The normalized spacial score (nSPS) is 11.2. The van der Waals surface area contributed by atoms with Gasteiger partial charge in [0.2, 0.25) is 0 Å². The molecular weight excluding hydrogens is 1720 g/mol. The topological polar surface area (TPSA) is 12.5 Å². The second-order valence-electron chi connectivity index (χ2n) is 40.2. The Morgan fingerprint density at radius 3 is 0.846 bits per heavy atom. The van der Waals surface area contributed by atoms with Crippen molar-refractivity contribution in [3.8, 4) is 28.0 Å². The van der Waals surface area contributed by atoms with Crippen molar-refractivity contribution in [2.45, 2.75) is 204 Å². The monoisotopic (exact) mass is 1880 g/mol. The Hall–Kier alpha value is -14.4. The SMILES string of the molecule is CCC.COc1ccc(N(C)C)cc1.Cc1ccc(-c2ccc(C)c(C)c2)cc1C.Cc1ccc(C(c2ccccc2)(c2ccccc2)c2ccc(C)c(C)c2)cc1C.Cc1ccc(C2(c3ccc(C)c(C)c3)c3ccccc3-c3ccccc32)cc1C.Cc1ccc(Cc2ccc(C)c(C)c2)cc1C.Cc1ccc2c(C)c(C)ccc2c1C.Cc1ccc2ccc(C)cc2c1.Cc1ccc2ccc(C)cc2c1. The Bertz CT molecular complexity index is 6970. The Kier molecular flexibility index (Phi) is 37.0. The summed E-state index contributed by atoms with van der Waals surface area (Å²) >= 11 is 0. The maximum Gasteiger partial charge on any atom is 0.119 e. The molecule has 0 aromatic heterocycles. The van der Waals surface area contributed by atoms with Crippen LogP contribution in [0, 0.1) is 166 Å². The minimum Gasteiger partial charge on any atom is -0.497 e. The number of rotatable bonds is 11. The average molecular weight is 1880 g/mol. The maximum absolute atomic E-state index is 5.03. The number of nitrogens with zero attached hydrogens (tertiary/aromatic N) is 1. The van der Waals surface area contributed by atoms with Crippen LogP contribution in [0.1, 0.15) is 209 Å². The van der Waals surface area contributed by atoms with Gasteiger partial charge < -0.3 is 9.64 Å². The van der Waals surface area contributed by atoms with E-state index in [9.17, 15) is 0 Å². The number of hydrogen-bond donors (Lipinski definition) is 0. The molecule has 0 bridgehead atoms. The van der Waals surface area contributed by atoms with E-state index in [1.165, 1.54) is 256 Å². The second kappa shape index (κ2) is 49.3. The van der Waals surface area contributed by atoms with Gasteiger partial charge in [0.15, 0.2) is 0 Å². The molecule has 0 spiro atoms. The van der Waals surface area contributed by atoms with Crippen molar-refractivity contribution in [1.82, 2.24) is 0 Å². The molecule has 2 nitrogen and oxygen atoms in total. The molecule has 728 valence electrons. The number of fused-ring (bicyclic) bond motifs is 6. The molecule has 0 atom stereocenters. The van der Waals surface area contributed by atoms with Crippen LogP contribution in [-0.4, -0.2) is 21.2 Å². The predicted octanol–water partition coefficient (Wildman–Crippen LogP) is 37.8. The number of anilines is 1. The van der Waals surface area contributed by atoms with E-state index in [0.717, 1.165) is 12.2 Å². The summed E-state index contributed by atoms with van der Waals surface area (Å²) in [6.07, 6.45) is 2.28. The molecule has 0 saturated heterocycles. The molecule has 2 heteroatoms. The van der Waals surface area contributed by atoms with Gasteiger partial charge >= 0.3 is 0 Å². The van der Waals surface area contributed by atoms with Gasteiger partial charge in [-0.2, -0.15) is 0 Å². The van der Waals surface area contributed by atoms with Gasteiger partial charge in [-0.25, -0.2) is 0 Å². The molecule has 1 aliphatic rings. The summed E-state index contributed by atoms with van der Waals surface area (Å²) in [4.78, 5) is 2.06. The van der Waals surface area contributed by atoms with E-state index in [4.69, 9.17) is 4.74 Å². The van der Waals surface area contributed by atoms with Crippen LogP contribution in [0.5, 0.6) is 5.75 Å². The van der Waals surface area contributed by atoms with E-state index in [2.05, 4.69) is 537 Å². The first-order chi connectivity index (χ1) is 68.5. The van der Waals surface area contributed by atoms with Crippen molar-refractivity contribution in [3.05, 3.63) is 565 Å². The van der Waals surface area contributed by atoms with E-state index < -0.39 is 0 Å². The van der Waals surface area contributed by atoms with Crippen LogP contribution < -0.4 is 9.64 Å². The van der Waals surface area contributed by atoms with Crippen molar-refractivity contribution in [3.63, 3.8) is 0 Å². The zero-order valence-corrected chi connectivity index (χ0v) is 91.1. The lowest BCUT2D eigenvalue weighted by molar-refractivity contribution is 0.415. The predicted molar refractivity (Wildman–Crippen MR) is 625 cm³/mol. The summed E-state index contributed by atoms with van der Waals surface area (Å²) in [6.45, 7) is 56.4. The molecule has 19 aromatic rings. The number of hydrogen-bond acceptors (Lipinski definition) is 2. The van der Waals surface area contributed by atoms with E-state index in [-0.39, 0.29) is 10.8 Å². The lowest BCUT2D eigenvalue weighted by Gasteiger charge is -2.37. The van der Waals surface area contributed by atoms with Gasteiger partial charge in [0.05, 0.1) is 17.9 Å². The first kappa shape index (κ1) is 107. The minimum atomic E-state index is -0.362. The van der Waals surface area contributed by atoms with E-state index in [1.54, 1.807) is 7.11 Å². The summed E-state index contributed by atoms with van der Waals surface area (Å²) in [7, 11) is 5.70. The fraction of sp³-hybridized carbons (Fsp3) is 0.234. The average Bonchev–Trinajstić information content (AvgIpc) is 1.57. The third-order valence-electron chi connectivity index (χ3n) is 29.2. The summed E-state index contributed by atoms with van der Waals surface area (Å²) < 4.78 is 5.03. The second-order valence-corrected chi connectivity index (χ2v) is 40.2. The smallest absolute Gasteiger partial charge is 0.119 e. The van der Waals surface area contributed by atoms with Crippen molar-refractivity contribution < 1.29 is 4.74 Å². The fourth-order valence-electron chi connectivity index (χ4n) is 19.0. The van der Waals surface area contributed by atoms with Gasteiger partial charge in [0, 0.05) is 19.8 Å². The lowest BCUT2D eigenvalue weighted by atomic mass is 9.64. The summed E-state index contributed by atoms with van der Waals surface area (Å²) in [5.41, 5.74) is 51.7. The summed E-state index contributed by atoms with van der Waals surface area (Å²) in [5, 5.41) is 8.13. The number of benzene rings is 19. The van der Waals surface area contributed by atoms with Crippen molar-refractivity contribution in [1.29, 1.82) is 0 Å². The van der Waals surface area contributed by atoms with Crippen LogP contribution in [0.2, 0.25) is 0 Å². The highest BCUT2D eigenvalue weighted by Gasteiger charge is 2.46. The minimum absolute atomic E-state index is 0.288. The largest absolute Gasteiger partial charge is 0.497 e. The third kappa shape index (κ3) is 26.1. The maximum atomic E-state index is 5.03. The molecule has 20 rings (SSSR count). The molecule has 143 heavy (non-hydrogen) atoms. The van der Waals surface area contributed by atoms with Crippen LogP contribution in [0.15, 0.2) is 376 Å². The van der Waals surface area contributed by atoms with Gasteiger partial charge in [0.1, 0.15) is 5.75 Å². The number of aryl methyl sites for hydroxylation is 24. The molecule has 0 radical (unpaired) electrons. The summed E-state index contributed by atoms with van der Waals surface area (Å²) in [5.74, 6) is 0.899. The first-order valence-corrected chi connectivity index (χ1v) is 51.1. The molecule has 0 saturated carbocycles. The van der Waals surface area contributed by atoms with Crippen LogP contribution >= 0.6 is 0 Å². The van der Waals surface area contributed by atoms with Crippen LogP contribution in [0.4, 0.5) is 5.69 Å². The molecule has 19 aromatic carbocycles. The van der Waals surface area contributed by atoms with E-state index in [0.29, 0.717) is 0 Å². The third-order valence-corrected chi connectivity index (χ3v) is 29.2. The van der Waals surface area contributed by atoms with Crippen LogP contribution in [0.25, 0.3) is 54.6 Å². The van der Waals surface area contributed by atoms with E-state index in [1.807, 2.05) is 38.4 Å². The van der Waals surface area contributed by atoms with Crippen molar-refractivity contribution in [2.24, 2.45) is 0 Å². The quantitative estimate of drug-likeness (QED) is 0.120. The zero-order valence-electron chi connectivity index (χ0n) is 91.1. The van der Waals surface area contributed by atoms with Gasteiger partial charge in [-0.05, 0) is 418 Å². The Labute approximate surface area is 859 Å². The number of methoxy groups -OCH3 is 1. The highest BCUT2D eigenvalue weighted by atomic mass is 16.5. The molecule has 0 amide bonds. The van der Waals surface area contributed by atoms with Crippen LogP contribution in [-0.2, 0) is 17.3 Å². The highest BCUT2D eigenvalue weighted by Crippen LogP contribution is 2.57. The fourth-order valence-corrected chi connectivity index (χ4v) is 19.0.